The van der Waals surface area contributed by atoms with Gasteiger partial charge < -0.3 is 14.2 Å². The minimum Gasteiger partial charge on any atom is -0.426 e. The average molecular weight is 278 g/mol. The van der Waals surface area contributed by atoms with Crippen LogP contribution in [0.25, 0.3) is 0 Å². The third-order valence-corrected chi connectivity index (χ3v) is 3.22. The summed E-state index contributed by atoms with van der Waals surface area (Å²) in [4.78, 5) is 11.7. The van der Waals surface area contributed by atoms with E-state index in [9.17, 15) is 4.79 Å². The van der Waals surface area contributed by atoms with Gasteiger partial charge in [-0.1, -0.05) is 6.08 Å². The van der Waals surface area contributed by atoms with Crippen LogP contribution in [0, 0.1) is 0 Å². The van der Waals surface area contributed by atoms with Crippen molar-refractivity contribution in [3.63, 3.8) is 0 Å². The van der Waals surface area contributed by atoms with Crippen molar-refractivity contribution in [1.29, 1.82) is 0 Å². The quantitative estimate of drug-likeness (QED) is 0.419. The van der Waals surface area contributed by atoms with Gasteiger partial charge in [-0.3, -0.25) is 0 Å². The number of esters is 1. The monoisotopic (exact) mass is 278 g/mol. The molecule has 0 aromatic carbocycles. The highest BCUT2D eigenvalue weighted by Crippen LogP contribution is 2.31. The lowest BCUT2D eigenvalue weighted by molar-refractivity contribution is -0.321. The van der Waals surface area contributed by atoms with Crippen LogP contribution in [0.15, 0.2) is 35.8 Å². The second kappa shape index (κ2) is 6.64. The second-order valence-electron chi connectivity index (χ2n) is 5.11. The molecular formula is C16H22O4. The molecule has 0 atom stereocenters. The number of carbonyl (C=O) groups excluding carboxylic acids is 1. The molecule has 110 valence electrons. The molecule has 0 N–H and O–H groups in total. The van der Waals surface area contributed by atoms with E-state index < -0.39 is 11.9 Å². The number of allylic oxidation sites excluding steroid dienone is 5. The molecule has 0 fully saturated rings. The smallest absolute Gasteiger partial charge is 0.415 e. The first-order valence-corrected chi connectivity index (χ1v) is 7.23. The second-order valence-corrected chi connectivity index (χ2v) is 5.11. The number of rotatable bonds is 6. The van der Waals surface area contributed by atoms with E-state index in [-0.39, 0.29) is 0 Å². The van der Waals surface area contributed by atoms with E-state index in [4.69, 9.17) is 14.2 Å². The van der Waals surface area contributed by atoms with Crippen LogP contribution < -0.4 is 0 Å². The summed E-state index contributed by atoms with van der Waals surface area (Å²) >= 11 is 0. The predicted molar refractivity (Wildman–Crippen MR) is 75.3 cm³/mol. The van der Waals surface area contributed by atoms with Crippen molar-refractivity contribution in [2.24, 2.45) is 0 Å². The summed E-state index contributed by atoms with van der Waals surface area (Å²) in [5.41, 5.74) is 0. The van der Waals surface area contributed by atoms with Crippen LogP contribution in [0.3, 0.4) is 0 Å². The van der Waals surface area contributed by atoms with Crippen LogP contribution >= 0.6 is 0 Å². The third-order valence-electron chi connectivity index (χ3n) is 3.22. The van der Waals surface area contributed by atoms with Gasteiger partial charge in [0, 0.05) is 18.9 Å². The van der Waals surface area contributed by atoms with Gasteiger partial charge in [-0.05, 0) is 44.8 Å². The van der Waals surface area contributed by atoms with E-state index in [0.717, 1.165) is 50.0 Å². The minimum atomic E-state index is -1.39. The van der Waals surface area contributed by atoms with Crippen molar-refractivity contribution in [3.05, 3.63) is 35.8 Å². The number of hydrogen-bond acceptors (Lipinski definition) is 4. The summed E-state index contributed by atoms with van der Waals surface area (Å²) in [6.07, 6.45) is 12.9. The fraction of sp³-hybridized carbons (Fsp3) is 0.562. The largest absolute Gasteiger partial charge is 0.426 e. The zero-order valence-corrected chi connectivity index (χ0v) is 12.2. The Bertz CT molecular complexity index is 419. The lowest BCUT2D eigenvalue weighted by atomic mass is 10.3. The van der Waals surface area contributed by atoms with Crippen LogP contribution in [0.2, 0.25) is 0 Å². The normalized spacial score (nSPS) is 18.9. The third kappa shape index (κ3) is 4.15. The van der Waals surface area contributed by atoms with Crippen LogP contribution in [0.1, 0.15) is 52.4 Å². The fourth-order valence-corrected chi connectivity index (χ4v) is 2.36. The molecule has 0 saturated heterocycles. The minimum absolute atomic E-state index is 0.466. The summed E-state index contributed by atoms with van der Waals surface area (Å²) in [5.74, 6) is -0.186. The van der Waals surface area contributed by atoms with Crippen molar-refractivity contribution in [2.75, 3.05) is 0 Å². The average Bonchev–Trinajstić information content (AvgIpc) is 3.02. The van der Waals surface area contributed by atoms with E-state index in [2.05, 4.69) is 0 Å². The molecule has 0 unspecified atom stereocenters. The predicted octanol–water partition coefficient (Wildman–Crippen LogP) is 3.95. The molecule has 0 aliphatic heterocycles. The molecule has 0 radical (unpaired) electrons. The molecule has 20 heavy (non-hydrogen) atoms. The molecule has 0 spiro atoms. The number of hydrogen-bond donors (Lipinski definition) is 0. The highest BCUT2D eigenvalue weighted by Gasteiger charge is 2.36. The summed E-state index contributed by atoms with van der Waals surface area (Å²) in [6.45, 7) is 3.41. The maximum Gasteiger partial charge on any atom is 0.415 e. The molecular weight excluding hydrogens is 256 g/mol. The summed E-state index contributed by atoms with van der Waals surface area (Å²) in [5, 5.41) is 0. The Morgan fingerprint density at radius 2 is 1.70 bits per heavy atom. The highest BCUT2D eigenvalue weighted by molar-refractivity contribution is 5.82. The first-order valence-electron chi connectivity index (χ1n) is 7.23. The summed E-state index contributed by atoms with van der Waals surface area (Å²) in [7, 11) is 0. The topological polar surface area (TPSA) is 44.8 Å². The molecule has 4 nitrogen and oxygen atoms in total. The fourth-order valence-electron chi connectivity index (χ4n) is 2.36. The van der Waals surface area contributed by atoms with E-state index in [1.807, 2.05) is 12.2 Å². The standard InChI is InChI=1S/C16H22O4/c1-3-8-15(17)20-16(2,18-13-9-4-5-10-13)19-14-11-6-7-12-14/h3,8-9,11H,4-7,10,12H2,1-2H3/b8-3+. The maximum absolute atomic E-state index is 11.7. The van der Waals surface area contributed by atoms with Gasteiger partial charge >= 0.3 is 11.9 Å². The van der Waals surface area contributed by atoms with E-state index in [1.165, 1.54) is 6.08 Å². The van der Waals surface area contributed by atoms with Gasteiger partial charge in [0.2, 0.25) is 0 Å². The Morgan fingerprint density at radius 3 is 2.10 bits per heavy atom. The zero-order valence-electron chi connectivity index (χ0n) is 12.2. The Morgan fingerprint density at radius 1 is 1.15 bits per heavy atom. The SMILES string of the molecule is C/C=C/C(=O)OC(C)(OC1=CCCC1)OC1=CCCC1. The maximum atomic E-state index is 11.7. The van der Waals surface area contributed by atoms with Crippen molar-refractivity contribution >= 4 is 5.97 Å². The van der Waals surface area contributed by atoms with Gasteiger partial charge in [-0.15, -0.1) is 0 Å². The van der Waals surface area contributed by atoms with Crippen LogP contribution in [0.5, 0.6) is 0 Å². The molecule has 4 heteroatoms. The molecule has 2 aliphatic rings. The van der Waals surface area contributed by atoms with E-state index >= 15 is 0 Å². The first kappa shape index (κ1) is 14.7. The van der Waals surface area contributed by atoms with Crippen molar-refractivity contribution in [1.82, 2.24) is 0 Å². The Hall–Kier alpha value is -1.71. The van der Waals surface area contributed by atoms with E-state index in [1.54, 1.807) is 19.9 Å². The number of carbonyl (C=O) groups is 1. The molecule has 2 aliphatic carbocycles. The summed E-state index contributed by atoms with van der Waals surface area (Å²) in [6, 6.07) is 0. The van der Waals surface area contributed by atoms with Crippen molar-refractivity contribution < 1.29 is 19.0 Å². The van der Waals surface area contributed by atoms with Crippen LogP contribution in [0.4, 0.5) is 0 Å². The lowest BCUT2D eigenvalue weighted by Crippen LogP contribution is -2.37. The lowest BCUT2D eigenvalue weighted by Gasteiger charge is -2.30. The van der Waals surface area contributed by atoms with Gasteiger partial charge in [0.1, 0.15) is 11.5 Å². The van der Waals surface area contributed by atoms with Crippen molar-refractivity contribution in [2.45, 2.75) is 58.3 Å². The molecule has 2 rings (SSSR count). The number of ether oxygens (including phenoxy) is 3. The van der Waals surface area contributed by atoms with Crippen LogP contribution in [-0.4, -0.2) is 11.9 Å². The van der Waals surface area contributed by atoms with Gasteiger partial charge in [-0.25, -0.2) is 4.79 Å². The van der Waals surface area contributed by atoms with E-state index in [0.29, 0.717) is 0 Å². The Kier molecular flexibility index (Phi) is 4.88. The molecule has 0 aromatic heterocycles. The summed E-state index contributed by atoms with van der Waals surface area (Å²) < 4.78 is 16.9. The van der Waals surface area contributed by atoms with Gasteiger partial charge in [0.15, 0.2) is 0 Å². The molecule has 0 heterocycles. The van der Waals surface area contributed by atoms with Crippen LogP contribution in [-0.2, 0) is 19.0 Å². The molecule has 0 saturated carbocycles. The first-order chi connectivity index (χ1) is 9.61. The molecule has 0 amide bonds. The highest BCUT2D eigenvalue weighted by atomic mass is 16.9. The van der Waals surface area contributed by atoms with Crippen molar-refractivity contribution in [3.8, 4) is 0 Å². The van der Waals surface area contributed by atoms with Gasteiger partial charge in [-0.2, -0.15) is 0 Å². The Balaban J connectivity index is 2.05. The molecule has 0 bridgehead atoms. The molecule has 0 aromatic rings. The zero-order chi connectivity index (χ0) is 14.4. The van der Waals surface area contributed by atoms with Gasteiger partial charge in [0.05, 0.1) is 6.92 Å². The Labute approximate surface area is 120 Å². The van der Waals surface area contributed by atoms with Gasteiger partial charge in [0.25, 0.3) is 0 Å².